The molecule has 2 heterocycles. The first-order valence-electron chi connectivity index (χ1n) is 9.48. The lowest BCUT2D eigenvalue weighted by atomic mass is 10.0. The van der Waals surface area contributed by atoms with E-state index in [2.05, 4.69) is 20.6 Å². The third-order valence-corrected chi connectivity index (χ3v) is 5.26. The molecule has 0 radical (unpaired) electrons. The highest BCUT2D eigenvalue weighted by Gasteiger charge is 2.24. The number of rotatable bonds is 8. The van der Waals surface area contributed by atoms with E-state index in [0.717, 1.165) is 21.8 Å². The van der Waals surface area contributed by atoms with Gasteiger partial charge in [0, 0.05) is 23.3 Å². The fourth-order valence-corrected chi connectivity index (χ4v) is 3.60. The van der Waals surface area contributed by atoms with Gasteiger partial charge in [-0.25, -0.2) is 4.98 Å². The Hall–Kier alpha value is -3.06. The summed E-state index contributed by atoms with van der Waals surface area (Å²) in [6.07, 6.45) is 3.70. The summed E-state index contributed by atoms with van der Waals surface area (Å²) in [6, 6.07) is 12.7. The van der Waals surface area contributed by atoms with Gasteiger partial charge < -0.3 is 10.6 Å². The summed E-state index contributed by atoms with van der Waals surface area (Å²) < 4.78 is 0. The lowest BCUT2D eigenvalue weighted by molar-refractivity contribution is -0.129. The molecule has 0 saturated heterocycles. The van der Waals surface area contributed by atoms with Gasteiger partial charge in [0.15, 0.2) is 0 Å². The zero-order valence-electron chi connectivity index (χ0n) is 16.5. The summed E-state index contributed by atoms with van der Waals surface area (Å²) in [5.41, 5.74) is 2.76. The van der Waals surface area contributed by atoms with Gasteiger partial charge in [0.2, 0.25) is 11.8 Å². The monoisotopic (exact) mass is 408 g/mol. The molecule has 3 rings (SSSR count). The highest BCUT2D eigenvalue weighted by Crippen LogP contribution is 2.21. The van der Waals surface area contributed by atoms with Crippen molar-refractivity contribution >= 4 is 23.2 Å². The van der Waals surface area contributed by atoms with E-state index in [-0.39, 0.29) is 24.2 Å². The SMILES string of the molecule is CC(C)C(NC(=O)Cc1ccccc1)C(=O)NCc1nc(-c2ccncc2)cs1. The molecule has 1 atom stereocenters. The highest BCUT2D eigenvalue weighted by molar-refractivity contribution is 7.09. The van der Waals surface area contributed by atoms with E-state index in [9.17, 15) is 9.59 Å². The Morgan fingerprint density at radius 2 is 1.79 bits per heavy atom. The molecule has 0 aliphatic carbocycles. The van der Waals surface area contributed by atoms with E-state index in [1.165, 1.54) is 11.3 Å². The number of benzene rings is 1. The molecular formula is C22H24N4O2S. The fourth-order valence-electron chi connectivity index (χ4n) is 2.86. The van der Waals surface area contributed by atoms with E-state index >= 15 is 0 Å². The fraction of sp³-hybridized carbons (Fsp3) is 0.273. The first-order chi connectivity index (χ1) is 14.0. The van der Waals surface area contributed by atoms with Gasteiger partial charge in [-0.2, -0.15) is 0 Å². The van der Waals surface area contributed by atoms with Crippen LogP contribution in [-0.2, 0) is 22.6 Å². The van der Waals surface area contributed by atoms with Crippen molar-refractivity contribution in [3.63, 3.8) is 0 Å². The van der Waals surface area contributed by atoms with Crippen LogP contribution >= 0.6 is 11.3 Å². The Morgan fingerprint density at radius 3 is 2.48 bits per heavy atom. The maximum absolute atomic E-state index is 12.7. The molecular weight excluding hydrogens is 384 g/mol. The van der Waals surface area contributed by atoms with Crippen molar-refractivity contribution in [2.75, 3.05) is 0 Å². The number of amides is 2. The van der Waals surface area contributed by atoms with Crippen LogP contribution in [0.25, 0.3) is 11.3 Å². The normalized spacial score (nSPS) is 11.8. The standard InChI is InChI=1S/C22H24N4O2S/c1-15(2)21(26-19(27)12-16-6-4-3-5-7-16)22(28)24-13-20-25-18(14-29-20)17-8-10-23-11-9-17/h3-11,14-15,21H,12-13H2,1-2H3,(H,24,28)(H,26,27). The van der Waals surface area contributed by atoms with Crippen LogP contribution in [0.5, 0.6) is 0 Å². The zero-order chi connectivity index (χ0) is 20.6. The van der Waals surface area contributed by atoms with Crippen LogP contribution in [0.1, 0.15) is 24.4 Å². The molecule has 0 aliphatic rings. The van der Waals surface area contributed by atoms with Crippen molar-refractivity contribution in [3.8, 4) is 11.3 Å². The second-order valence-electron chi connectivity index (χ2n) is 7.03. The molecule has 3 aromatic rings. The summed E-state index contributed by atoms with van der Waals surface area (Å²) in [7, 11) is 0. The van der Waals surface area contributed by atoms with Gasteiger partial charge in [0.05, 0.1) is 18.7 Å². The van der Waals surface area contributed by atoms with E-state index in [1.807, 2.05) is 61.7 Å². The van der Waals surface area contributed by atoms with Crippen molar-refractivity contribution in [2.24, 2.45) is 5.92 Å². The molecule has 0 aliphatic heterocycles. The van der Waals surface area contributed by atoms with Crippen molar-refractivity contribution < 1.29 is 9.59 Å². The maximum Gasteiger partial charge on any atom is 0.243 e. The van der Waals surface area contributed by atoms with Gasteiger partial charge >= 0.3 is 0 Å². The van der Waals surface area contributed by atoms with Crippen LogP contribution in [0.3, 0.4) is 0 Å². The second-order valence-corrected chi connectivity index (χ2v) is 7.97. The van der Waals surface area contributed by atoms with Crippen LogP contribution in [0.15, 0.2) is 60.2 Å². The Morgan fingerprint density at radius 1 is 1.07 bits per heavy atom. The Bertz CT molecular complexity index is 942. The van der Waals surface area contributed by atoms with E-state index in [1.54, 1.807) is 12.4 Å². The van der Waals surface area contributed by atoms with Gasteiger partial charge in [-0.05, 0) is 23.6 Å². The molecule has 2 N–H and O–H groups in total. The second kappa shape index (κ2) is 9.93. The van der Waals surface area contributed by atoms with Crippen molar-refractivity contribution in [1.29, 1.82) is 0 Å². The lowest BCUT2D eigenvalue weighted by Gasteiger charge is -2.21. The third kappa shape index (κ3) is 5.96. The van der Waals surface area contributed by atoms with Crippen molar-refractivity contribution in [1.82, 2.24) is 20.6 Å². The molecule has 1 unspecified atom stereocenters. The van der Waals surface area contributed by atoms with Gasteiger partial charge in [0.25, 0.3) is 0 Å². The van der Waals surface area contributed by atoms with Crippen LogP contribution in [-0.4, -0.2) is 27.8 Å². The Balaban J connectivity index is 1.56. The molecule has 2 aromatic heterocycles. The van der Waals surface area contributed by atoms with Crippen LogP contribution in [0, 0.1) is 5.92 Å². The van der Waals surface area contributed by atoms with Gasteiger partial charge in [-0.3, -0.25) is 14.6 Å². The first-order valence-corrected chi connectivity index (χ1v) is 10.4. The number of thiazole rings is 1. The molecule has 150 valence electrons. The quantitative estimate of drug-likeness (QED) is 0.599. The molecule has 6 nitrogen and oxygen atoms in total. The average Bonchev–Trinajstić information content (AvgIpc) is 3.20. The smallest absolute Gasteiger partial charge is 0.243 e. The van der Waals surface area contributed by atoms with E-state index in [0.29, 0.717) is 6.54 Å². The Kier molecular flexibility index (Phi) is 7.08. The molecule has 0 spiro atoms. The largest absolute Gasteiger partial charge is 0.348 e. The average molecular weight is 409 g/mol. The molecule has 0 bridgehead atoms. The number of hydrogen-bond acceptors (Lipinski definition) is 5. The lowest BCUT2D eigenvalue weighted by Crippen LogP contribution is -2.49. The Labute approximate surface area is 174 Å². The summed E-state index contributed by atoms with van der Waals surface area (Å²) in [5, 5.41) is 8.52. The zero-order valence-corrected chi connectivity index (χ0v) is 17.3. The predicted molar refractivity (Wildman–Crippen MR) is 114 cm³/mol. The van der Waals surface area contributed by atoms with E-state index in [4.69, 9.17) is 0 Å². The summed E-state index contributed by atoms with van der Waals surface area (Å²) >= 11 is 1.49. The number of nitrogens with one attached hydrogen (secondary N) is 2. The highest BCUT2D eigenvalue weighted by atomic mass is 32.1. The van der Waals surface area contributed by atoms with Gasteiger partial charge in [-0.1, -0.05) is 44.2 Å². The van der Waals surface area contributed by atoms with Crippen LogP contribution in [0.2, 0.25) is 0 Å². The van der Waals surface area contributed by atoms with Crippen LogP contribution in [0.4, 0.5) is 0 Å². The number of pyridine rings is 1. The summed E-state index contributed by atoms with van der Waals surface area (Å²) in [4.78, 5) is 33.6. The van der Waals surface area contributed by atoms with Gasteiger partial charge in [-0.15, -0.1) is 11.3 Å². The minimum absolute atomic E-state index is 0.0293. The number of aromatic nitrogens is 2. The number of carbonyl (C=O) groups excluding carboxylic acids is 2. The maximum atomic E-state index is 12.7. The minimum Gasteiger partial charge on any atom is -0.348 e. The molecule has 2 amide bonds. The number of nitrogens with zero attached hydrogens (tertiary/aromatic N) is 2. The summed E-state index contributed by atoms with van der Waals surface area (Å²) in [6.45, 7) is 4.16. The minimum atomic E-state index is -0.592. The molecule has 1 aromatic carbocycles. The topological polar surface area (TPSA) is 84.0 Å². The van der Waals surface area contributed by atoms with Crippen molar-refractivity contribution in [3.05, 3.63) is 70.8 Å². The molecule has 0 saturated carbocycles. The molecule has 29 heavy (non-hydrogen) atoms. The summed E-state index contributed by atoms with van der Waals surface area (Å²) in [5.74, 6) is -0.403. The predicted octanol–water partition coefficient (Wildman–Crippen LogP) is 3.20. The molecule has 0 fully saturated rings. The van der Waals surface area contributed by atoms with Gasteiger partial charge in [0.1, 0.15) is 11.0 Å². The third-order valence-electron chi connectivity index (χ3n) is 4.41. The number of carbonyl (C=O) groups is 2. The van der Waals surface area contributed by atoms with Crippen molar-refractivity contribution in [2.45, 2.75) is 32.9 Å². The number of hydrogen-bond donors (Lipinski definition) is 2. The van der Waals surface area contributed by atoms with Crippen LogP contribution < -0.4 is 10.6 Å². The van der Waals surface area contributed by atoms with E-state index < -0.39 is 6.04 Å². The molecule has 7 heteroatoms. The first kappa shape index (κ1) is 20.7.